The van der Waals surface area contributed by atoms with Crippen molar-refractivity contribution in [2.24, 2.45) is 5.92 Å². The molecule has 0 bridgehead atoms. The van der Waals surface area contributed by atoms with Crippen LogP contribution in [0.1, 0.15) is 49.8 Å². The molecule has 152 valence electrons. The van der Waals surface area contributed by atoms with E-state index in [4.69, 9.17) is 0 Å². The molecule has 1 aromatic carbocycles. The van der Waals surface area contributed by atoms with Gasteiger partial charge in [-0.2, -0.15) is 0 Å². The SMILES string of the molecule is CCn1c(C)nc2cc(C(=O)N3CC[C@H](NC(=O)C(C)C)[C@@H](O)CC3)ccc21. The molecule has 2 heterocycles. The molecule has 1 aliphatic heterocycles. The minimum Gasteiger partial charge on any atom is -0.391 e. The van der Waals surface area contributed by atoms with Gasteiger partial charge >= 0.3 is 0 Å². The van der Waals surface area contributed by atoms with E-state index in [1.807, 2.05) is 39.0 Å². The van der Waals surface area contributed by atoms with Crippen LogP contribution in [-0.4, -0.2) is 56.6 Å². The number of rotatable bonds is 4. The van der Waals surface area contributed by atoms with Crippen LogP contribution >= 0.6 is 0 Å². The summed E-state index contributed by atoms with van der Waals surface area (Å²) < 4.78 is 2.12. The summed E-state index contributed by atoms with van der Waals surface area (Å²) in [6.45, 7) is 9.49. The summed E-state index contributed by atoms with van der Waals surface area (Å²) in [6, 6.07) is 5.32. The van der Waals surface area contributed by atoms with Crippen LogP contribution in [-0.2, 0) is 11.3 Å². The van der Waals surface area contributed by atoms with E-state index >= 15 is 0 Å². The van der Waals surface area contributed by atoms with Crippen molar-refractivity contribution in [3.05, 3.63) is 29.6 Å². The van der Waals surface area contributed by atoms with Gasteiger partial charge in [0, 0.05) is 31.1 Å². The Hall–Kier alpha value is -2.41. The van der Waals surface area contributed by atoms with Crippen LogP contribution in [0.15, 0.2) is 18.2 Å². The van der Waals surface area contributed by atoms with Crippen LogP contribution in [0.4, 0.5) is 0 Å². The molecular formula is C21H30N4O3. The van der Waals surface area contributed by atoms with Gasteiger partial charge in [-0.15, -0.1) is 0 Å². The molecule has 0 spiro atoms. The van der Waals surface area contributed by atoms with Crippen molar-refractivity contribution in [1.29, 1.82) is 0 Å². The van der Waals surface area contributed by atoms with Crippen LogP contribution < -0.4 is 5.32 Å². The standard InChI is InChI=1S/C21H30N4O3/c1-5-25-14(4)22-17-12-15(6-7-18(17)25)21(28)24-10-8-16(19(26)9-11-24)23-20(27)13(2)3/h6-7,12-13,16,19,26H,5,8-11H2,1-4H3,(H,23,27)/t16-,19-/m0/s1. The monoisotopic (exact) mass is 386 g/mol. The Morgan fingerprint density at radius 2 is 2.00 bits per heavy atom. The summed E-state index contributed by atoms with van der Waals surface area (Å²) in [5, 5.41) is 13.3. The van der Waals surface area contributed by atoms with E-state index in [9.17, 15) is 14.7 Å². The van der Waals surface area contributed by atoms with E-state index in [0.29, 0.717) is 31.5 Å². The number of nitrogens with one attached hydrogen (secondary N) is 1. The number of aromatic nitrogens is 2. The topological polar surface area (TPSA) is 87.5 Å². The van der Waals surface area contributed by atoms with Crippen molar-refractivity contribution >= 4 is 22.8 Å². The Labute approximate surface area is 165 Å². The van der Waals surface area contributed by atoms with Gasteiger partial charge in [-0.25, -0.2) is 4.98 Å². The second-order valence-corrected chi connectivity index (χ2v) is 7.81. The van der Waals surface area contributed by atoms with E-state index in [1.54, 1.807) is 4.90 Å². The van der Waals surface area contributed by atoms with E-state index in [0.717, 1.165) is 23.4 Å². The molecule has 1 aliphatic rings. The van der Waals surface area contributed by atoms with Crippen molar-refractivity contribution in [2.75, 3.05) is 13.1 Å². The summed E-state index contributed by atoms with van der Waals surface area (Å²) in [5.41, 5.74) is 2.45. The number of fused-ring (bicyclic) bond motifs is 1. The molecule has 1 fully saturated rings. The smallest absolute Gasteiger partial charge is 0.253 e. The largest absolute Gasteiger partial charge is 0.391 e. The summed E-state index contributed by atoms with van der Waals surface area (Å²) in [7, 11) is 0. The van der Waals surface area contributed by atoms with E-state index in [1.165, 1.54) is 0 Å². The Balaban J connectivity index is 1.74. The summed E-state index contributed by atoms with van der Waals surface area (Å²) in [4.78, 5) is 31.3. The molecule has 28 heavy (non-hydrogen) atoms. The summed E-state index contributed by atoms with van der Waals surface area (Å²) >= 11 is 0. The van der Waals surface area contributed by atoms with Crippen molar-refractivity contribution in [3.63, 3.8) is 0 Å². The van der Waals surface area contributed by atoms with Gasteiger partial charge in [0.15, 0.2) is 0 Å². The maximum Gasteiger partial charge on any atom is 0.253 e. The van der Waals surface area contributed by atoms with Gasteiger partial charge in [0.1, 0.15) is 5.82 Å². The number of aliphatic hydroxyl groups excluding tert-OH is 1. The van der Waals surface area contributed by atoms with Gasteiger partial charge in [-0.3, -0.25) is 9.59 Å². The van der Waals surface area contributed by atoms with Crippen LogP contribution in [0.3, 0.4) is 0 Å². The number of carbonyl (C=O) groups excluding carboxylic acids is 2. The van der Waals surface area contributed by atoms with Crippen molar-refractivity contribution < 1.29 is 14.7 Å². The Kier molecular flexibility index (Phi) is 6.03. The van der Waals surface area contributed by atoms with Crippen molar-refractivity contribution in [2.45, 2.75) is 59.2 Å². The molecule has 7 nitrogen and oxygen atoms in total. The third kappa shape index (κ3) is 4.04. The second-order valence-electron chi connectivity index (χ2n) is 7.81. The van der Waals surface area contributed by atoms with E-state index < -0.39 is 6.10 Å². The predicted octanol–water partition coefficient (Wildman–Crippen LogP) is 2.10. The third-order valence-electron chi connectivity index (χ3n) is 5.51. The lowest BCUT2D eigenvalue weighted by Gasteiger charge is -2.22. The van der Waals surface area contributed by atoms with Gasteiger partial charge in [-0.05, 0) is 44.9 Å². The van der Waals surface area contributed by atoms with Gasteiger partial charge in [-0.1, -0.05) is 13.8 Å². The van der Waals surface area contributed by atoms with Crippen LogP contribution in [0, 0.1) is 12.8 Å². The first-order valence-electron chi connectivity index (χ1n) is 10.1. The molecule has 2 aromatic rings. The van der Waals surface area contributed by atoms with Crippen molar-refractivity contribution in [1.82, 2.24) is 19.8 Å². The third-order valence-corrected chi connectivity index (χ3v) is 5.51. The molecule has 3 rings (SSSR count). The van der Waals surface area contributed by atoms with E-state index in [-0.39, 0.29) is 23.8 Å². The van der Waals surface area contributed by atoms with Crippen LogP contribution in [0.25, 0.3) is 11.0 Å². The highest BCUT2D eigenvalue weighted by atomic mass is 16.3. The van der Waals surface area contributed by atoms with Gasteiger partial charge < -0.3 is 19.9 Å². The number of benzene rings is 1. The Morgan fingerprint density at radius 3 is 2.68 bits per heavy atom. The molecule has 0 radical (unpaired) electrons. The first kappa shape index (κ1) is 20.3. The molecule has 0 unspecified atom stereocenters. The molecule has 1 aromatic heterocycles. The zero-order chi connectivity index (χ0) is 20.4. The average molecular weight is 386 g/mol. The zero-order valence-corrected chi connectivity index (χ0v) is 17.1. The lowest BCUT2D eigenvalue weighted by Crippen LogP contribution is -2.44. The maximum atomic E-state index is 13.0. The number of amides is 2. The number of nitrogens with zero attached hydrogens (tertiary/aromatic N) is 3. The predicted molar refractivity (Wildman–Crippen MR) is 108 cm³/mol. The number of hydrogen-bond acceptors (Lipinski definition) is 4. The molecule has 2 N–H and O–H groups in total. The Morgan fingerprint density at radius 1 is 1.29 bits per heavy atom. The van der Waals surface area contributed by atoms with Crippen molar-refractivity contribution in [3.8, 4) is 0 Å². The minimum absolute atomic E-state index is 0.0614. The fraction of sp³-hybridized carbons (Fsp3) is 0.571. The zero-order valence-electron chi connectivity index (χ0n) is 17.1. The number of hydrogen-bond donors (Lipinski definition) is 2. The number of aliphatic hydroxyl groups is 1. The Bertz CT molecular complexity index is 874. The highest BCUT2D eigenvalue weighted by molar-refractivity contribution is 5.97. The molecular weight excluding hydrogens is 356 g/mol. The lowest BCUT2D eigenvalue weighted by molar-refractivity contribution is -0.125. The minimum atomic E-state index is -0.647. The number of carbonyl (C=O) groups is 2. The molecule has 2 amide bonds. The first-order chi connectivity index (χ1) is 13.3. The maximum absolute atomic E-state index is 13.0. The lowest BCUT2D eigenvalue weighted by atomic mass is 10.1. The highest BCUT2D eigenvalue weighted by Gasteiger charge is 2.29. The van der Waals surface area contributed by atoms with E-state index in [2.05, 4.69) is 21.8 Å². The quantitative estimate of drug-likeness (QED) is 0.842. The van der Waals surface area contributed by atoms with Gasteiger partial charge in [0.2, 0.25) is 5.91 Å². The van der Waals surface area contributed by atoms with Gasteiger partial charge in [0.25, 0.3) is 5.91 Å². The number of likely N-dealkylation sites (tertiary alicyclic amines) is 1. The molecule has 2 atom stereocenters. The van der Waals surface area contributed by atoms with Gasteiger partial charge in [0.05, 0.1) is 23.2 Å². The highest BCUT2D eigenvalue weighted by Crippen LogP contribution is 2.20. The average Bonchev–Trinajstić information content (AvgIpc) is 2.88. The second kappa shape index (κ2) is 8.31. The molecule has 0 saturated carbocycles. The fourth-order valence-electron chi connectivity index (χ4n) is 3.77. The number of imidazole rings is 1. The summed E-state index contributed by atoms with van der Waals surface area (Å²) in [5.74, 6) is 0.667. The summed E-state index contributed by atoms with van der Waals surface area (Å²) in [6.07, 6.45) is 0.337. The molecule has 7 heteroatoms. The normalized spacial score (nSPS) is 20.4. The first-order valence-corrected chi connectivity index (χ1v) is 10.1. The molecule has 1 saturated heterocycles. The fourth-order valence-corrected chi connectivity index (χ4v) is 3.77. The number of aryl methyl sites for hydroxylation is 2. The molecule has 0 aliphatic carbocycles. The van der Waals surface area contributed by atoms with Crippen LogP contribution in [0.2, 0.25) is 0 Å². The van der Waals surface area contributed by atoms with Crippen LogP contribution in [0.5, 0.6) is 0 Å².